The zero-order valence-electron chi connectivity index (χ0n) is 14.6. The van der Waals surface area contributed by atoms with E-state index < -0.39 is 0 Å². The third-order valence-corrected chi connectivity index (χ3v) is 5.80. The van der Waals surface area contributed by atoms with Crippen LogP contribution in [0.3, 0.4) is 0 Å². The molecule has 0 fully saturated rings. The van der Waals surface area contributed by atoms with Gasteiger partial charge in [0, 0.05) is 15.8 Å². The maximum atomic E-state index is 12.1. The van der Waals surface area contributed by atoms with Crippen molar-refractivity contribution in [2.75, 3.05) is 5.32 Å². The minimum atomic E-state index is -0.0310. The molecule has 0 aliphatic carbocycles. The minimum absolute atomic E-state index is 0.0310. The largest absolute Gasteiger partial charge is 0.302 e. The first kappa shape index (κ1) is 17.6. The summed E-state index contributed by atoms with van der Waals surface area (Å²) in [5, 5.41) is 7.49. The van der Waals surface area contributed by atoms with Gasteiger partial charge < -0.3 is 5.32 Å². The molecule has 2 heterocycles. The van der Waals surface area contributed by atoms with Gasteiger partial charge in [-0.2, -0.15) is 0 Å². The van der Waals surface area contributed by atoms with Gasteiger partial charge in [0.15, 0.2) is 5.13 Å². The molecule has 0 radical (unpaired) electrons. The normalized spacial score (nSPS) is 10.7. The maximum absolute atomic E-state index is 12.1. The number of anilines is 1. The molecule has 5 heteroatoms. The lowest BCUT2D eigenvalue weighted by molar-refractivity contribution is -0.115. The van der Waals surface area contributed by atoms with Gasteiger partial charge in [-0.15, -0.1) is 22.7 Å². The molecule has 4 aromatic rings. The lowest BCUT2D eigenvalue weighted by Gasteiger charge is -2.03. The Kier molecular flexibility index (Phi) is 5.42. The van der Waals surface area contributed by atoms with Crippen LogP contribution in [0.25, 0.3) is 11.3 Å². The van der Waals surface area contributed by atoms with Crippen LogP contribution < -0.4 is 5.32 Å². The zero-order valence-corrected chi connectivity index (χ0v) is 16.2. The minimum Gasteiger partial charge on any atom is -0.302 e. The molecule has 2 aromatic carbocycles. The average molecular weight is 391 g/mol. The summed E-state index contributed by atoms with van der Waals surface area (Å²) >= 11 is 3.04. The molecule has 27 heavy (non-hydrogen) atoms. The molecule has 3 nitrogen and oxygen atoms in total. The predicted molar refractivity (Wildman–Crippen MR) is 113 cm³/mol. The van der Waals surface area contributed by atoms with Gasteiger partial charge >= 0.3 is 0 Å². The van der Waals surface area contributed by atoms with Crippen molar-refractivity contribution < 1.29 is 4.79 Å². The fourth-order valence-electron chi connectivity index (χ4n) is 2.82. The highest BCUT2D eigenvalue weighted by Crippen LogP contribution is 2.26. The second-order valence-electron chi connectivity index (χ2n) is 6.20. The van der Waals surface area contributed by atoms with E-state index in [2.05, 4.69) is 58.8 Å². The molecule has 0 bridgehead atoms. The fourth-order valence-corrected chi connectivity index (χ4v) is 4.26. The van der Waals surface area contributed by atoms with Gasteiger partial charge in [-0.05, 0) is 29.0 Å². The number of nitrogens with zero attached hydrogens (tertiary/aromatic N) is 1. The Labute approximate surface area is 166 Å². The topological polar surface area (TPSA) is 42.0 Å². The molecule has 0 unspecified atom stereocenters. The molecule has 0 atom stereocenters. The number of amides is 1. The van der Waals surface area contributed by atoms with Crippen LogP contribution in [0.5, 0.6) is 0 Å². The SMILES string of the molecule is O=C(Cc1cccs1)Nc1nc(-c2ccc(Cc3ccccc3)cc2)cs1. The van der Waals surface area contributed by atoms with Crippen LogP contribution in [-0.4, -0.2) is 10.9 Å². The first-order valence-electron chi connectivity index (χ1n) is 8.67. The predicted octanol–water partition coefficient (Wildman–Crippen LogP) is 5.64. The molecular formula is C22H18N2OS2. The Balaban J connectivity index is 1.40. The van der Waals surface area contributed by atoms with Crippen molar-refractivity contribution in [2.24, 2.45) is 0 Å². The Morgan fingerprint density at radius 1 is 0.889 bits per heavy atom. The van der Waals surface area contributed by atoms with E-state index in [1.807, 2.05) is 29.0 Å². The van der Waals surface area contributed by atoms with Gasteiger partial charge in [0.2, 0.25) is 5.91 Å². The van der Waals surface area contributed by atoms with E-state index in [1.165, 1.54) is 22.5 Å². The Morgan fingerprint density at radius 2 is 1.67 bits per heavy atom. The number of hydrogen-bond donors (Lipinski definition) is 1. The molecule has 0 saturated carbocycles. The first-order valence-corrected chi connectivity index (χ1v) is 10.4. The van der Waals surface area contributed by atoms with Crippen molar-refractivity contribution in [2.45, 2.75) is 12.8 Å². The number of nitrogens with one attached hydrogen (secondary N) is 1. The average Bonchev–Trinajstić information content (AvgIpc) is 3.35. The van der Waals surface area contributed by atoms with Crippen LogP contribution >= 0.6 is 22.7 Å². The lowest BCUT2D eigenvalue weighted by atomic mass is 10.0. The first-order chi connectivity index (χ1) is 13.3. The van der Waals surface area contributed by atoms with Crippen LogP contribution in [-0.2, 0) is 17.6 Å². The third kappa shape index (κ3) is 4.70. The summed E-state index contributed by atoms with van der Waals surface area (Å²) in [5.41, 5.74) is 4.51. The van der Waals surface area contributed by atoms with Gasteiger partial charge in [0.1, 0.15) is 0 Å². The van der Waals surface area contributed by atoms with Crippen molar-refractivity contribution in [3.8, 4) is 11.3 Å². The van der Waals surface area contributed by atoms with E-state index in [9.17, 15) is 4.79 Å². The third-order valence-electron chi connectivity index (χ3n) is 4.17. The zero-order chi connectivity index (χ0) is 18.5. The van der Waals surface area contributed by atoms with Gasteiger partial charge in [0.05, 0.1) is 12.1 Å². The van der Waals surface area contributed by atoms with Crippen molar-refractivity contribution in [1.82, 2.24) is 4.98 Å². The Hall–Kier alpha value is -2.76. The van der Waals surface area contributed by atoms with Crippen LogP contribution in [0.1, 0.15) is 16.0 Å². The van der Waals surface area contributed by atoms with Crippen molar-refractivity contribution in [1.29, 1.82) is 0 Å². The summed E-state index contributed by atoms with van der Waals surface area (Å²) in [4.78, 5) is 17.7. The summed E-state index contributed by atoms with van der Waals surface area (Å²) in [6.45, 7) is 0. The maximum Gasteiger partial charge on any atom is 0.231 e. The summed E-state index contributed by atoms with van der Waals surface area (Å²) in [7, 11) is 0. The molecule has 0 aliphatic rings. The van der Waals surface area contributed by atoms with E-state index in [0.29, 0.717) is 11.6 Å². The second-order valence-corrected chi connectivity index (χ2v) is 8.09. The number of carbonyl (C=O) groups excluding carboxylic acids is 1. The van der Waals surface area contributed by atoms with Crippen LogP contribution in [0.4, 0.5) is 5.13 Å². The molecule has 1 amide bonds. The summed E-state index contributed by atoms with van der Waals surface area (Å²) in [5.74, 6) is -0.0310. The van der Waals surface area contributed by atoms with E-state index in [4.69, 9.17) is 0 Å². The molecule has 1 N–H and O–H groups in total. The summed E-state index contributed by atoms with van der Waals surface area (Å²) < 4.78 is 0. The molecule has 134 valence electrons. The van der Waals surface area contributed by atoms with Crippen LogP contribution in [0.15, 0.2) is 77.5 Å². The molecular weight excluding hydrogens is 372 g/mol. The molecule has 0 aliphatic heterocycles. The number of thiazole rings is 1. The monoisotopic (exact) mass is 390 g/mol. The van der Waals surface area contributed by atoms with Crippen molar-refractivity contribution >= 4 is 33.7 Å². The van der Waals surface area contributed by atoms with E-state index in [1.54, 1.807) is 11.3 Å². The van der Waals surface area contributed by atoms with E-state index in [-0.39, 0.29) is 5.91 Å². The molecule has 4 rings (SSSR count). The molecule has 0 saturated heterocycles. The van der Waals surface area contributed by atoms with E-state index >= 15 is 0 Å². The number of aromatic nitrogens is 1. The van der Waals surface area contributed by atoms with Gasteiger partial charge in [-0.1, -0.05) is 60.7 Å². The molecule has 0 spiro atoms. The Morgan fingerprint density at radius 3 is 2.41 bits per heavy atom. The highest BCUT2D eigenvalue weighted by molar-refractivity contribution is 7.14. The number of hydrogen-bond acceptors (Lipinski definition) is 4. The second kappa shape index (κ2) is 8.29. The quantitative estimate of drug-likeness (QED) is 0.463. The summed E-state index contributed by atoms with van der Waals surface area (Å²) in [6, 6.07) is 22.8. The highest BCUT2D eigenvalue weighted by atomic mass is 32.1. The van der Waals surface area contributed by atoms with Gasteiger partial charge in [-0.25, -0.2) is 4.98 Å². The molecule has 2 aromatic heterocycles. The summed E-state index contributed by atoms with van der Waals surface area (Å²) in [6.07, 6.45) is 1.31. The van der Waals surface area contributed by atoms with Crippen molar-refractivity contribution in [3.05, 3.63) is 93.5 Å². The van der Waals surface area contributed by atoms with E-state index in [0.717, 1.165) is 22.6 Å². The highest BCUT2D eigenvalue weighted by Gasteiger charge is 2.09. The van der Waals surface area contributed by atoms with Gasteiger partial charge in [-0.3, -0.25) is 4.79 Å². The van der Waals surface area contributed by atoms with Gasteiger partial charge in [0.25, 0.3) is 0 Å². The van der Waals surface area contributed by atoms with Crippen LogP contribution in [0, 0.1) is 0 Å². The number of benzene rings is 2. The smallest absolute Gasteiger partial charge is 0.231 e. The lowest BCUT2D eigenvalue weighted by Crippen LogP contribution is -2.13. The number of thiophene rings is 1. The fraction of sp³-hybridized carbons (Fsp3) is 0.0909. The van der Waals surface area contributed by atoms with Crippen molar-refractivity contribution in [3.63, 3.8) is 0 Å². The number of carbonyl (C=O) groups is 1. The van der Waals surface area contributed by atoms with Crippen LogP contribution in [0.2, 0.25) is 0 Å². The number of rotatable bonds is 6. The standard InChI is InChI=1S/C22H18N2OS2/c25-21(14-19-7-4-12-26-19)24-22-23-20(15-27-22)18-10-8-17(9-11-18)13-16-5-2-1-3-6-16/h1-12,15H,13-14H2,(H,23,24,25). The Bertz CT molecular complexity index is 1010.